The third-order valence-electron chi connectivity index (χ3n) is 2.64. The fourth-order valence-electron chi connectivity index (χ4n) is 1.75. The highest BCUT2D eigenvalue weighted by molar-refractivity contribution is 6.31. The highest BCUT2D eigenvalue weighted by atomic mass is 35.5. The van der Waals surface area contributed by atoms with Gasteiger partial charge < -0.3 is 14.3 Å². The molecule has 2 aromatic carbocycles. The van der Waals surface area contributed by atoms with E-state index in [2.05, 4.69) is 4.98 Å². The number of rotatable bonds is 3. The maximum absolute atomic E-state index is 11.1. The van der Waals surface area contributed by atoms with E-state index in [1.54, 1.807) is 12.1 Å². The van der Waals surface area contributed by atoms with Crippen LogP contribution in [-0.2, 0) is 0 Å². The van der Waals surface area contributed by atoms with Crippen LogP contribution in [0.4, 0.5) is 0 Å². The number of carbonyl (C=O) groups is 1. The molecule has 1 heterocycles. The fourth-order valence-corrected chi connectivity index (χ4v) is 1.92. The van der Waals surface area contributed by atoms with Crippen molar-refractivity contribution >= 4 is 28.7 Å². The molecule has 0 amide bonds. The monoisotopic (exact) mass is 289 g/mol. The summed E-state index contributed by atoms with van der Waals surface area (Å²) in [5.74, 6) is -1.02. The molecule has 5 nitrogen and oxygen atoms in total. The Balaban J connectivity index is 2.00. The SMILES string of the molecule is O=C(O)c1cc(Cl)ccc1Oc1nc2ccccc2o1. The van der Waals surface area contributed by atoms with Crippen molar-refractivity contribution in [3.05, 3.63) is 53.1 Å². The van der Waals surface area contributed by atoms with E-state index in [1.807, 2.05) is 12.1 Å². The van der Waals surface area contributed by atoms with Crippen molar-refractivity contribution in [2.75, 3.05) is 0 Å². The Morgan fingerprint density at radius 3 is 2.80 bits per heavy atom. The van der Waals surface area contributed by atoms with Crippen molar-refractivity contribution < 1.29 is 19.1 Å². The molecule has 0 radical (unpaired) electrons. The van der Waals surface area contributed by atoms with Crippen molar-refractivity contribution in [2.45, 2.75) is 0 Å². The average molecular weight is 290 g/mol. The number of fused-ring (bicyclic) bond motifs is 1. The molecule has 20 heavy (non-hydrogen) atoms. The summed E-state index contributed by atoms with van der Waals surface area (Å²) in [5.41, 5.74) is 1.14. The Labute approximate surface area is 118 Å². The van der Waals surface area contributed by atoms with E-state index in [4.69, 9.17) is 25.9 Å². The van der Waals surface area contributed by atoms with Gasteiger partial charge in [0.15, 0.2) is 5.58 Å². The maximum atomic E-state index is 11.1. The summed E-state index contributed by atoms with van der Waals surface area (Å²) in [4.78, 5) is 15.3. The number of ether oxygens (including phenoxy) is 1. The molecular formula is C14H8ClNO4. The molecule has 0 aliphatic carbocycles. The van der Waals surface area contributed by atoms with E-state index in [0.29, 0.717) is 16.1 Å². The Kier molecular flexibility index (Phi) is 3.04. The highest BCUT2D eigenvalue weighted by Gasteiger charge is 2.15. The predicted octanol–water partition coefficient (Wildman–Crippen LogP) is 3.97. The first-order valence-electron chi connectivity index (χ1n) is 5.70. The maximum Gasteiger partial charge on any atom is 0.400 e. The number of oxazole rings is 1. The average Bonchev–Trinajstić information content (AvgIpc) is 2.82. The van der Waals surface area contributed by atoms with Crippen LogP contribution in [0.2, 0.25) is 5.02 Å². The Morgan fingerprint density at radius 1 is 1.25 bits per heavy atom. The number of halogens is 1. The molecule has 1 aromatic heterocycles. The first-order valence-corrected chi connectivity index (χ1v) is 6.07. The number of hydrogen-bond donors (Lipinski definition) is 1. The number of nitrogens with zero attached hydrogens (tertiary/aromatic N) is 1. The van der Waals surface area contributed by atoms with Crippen molar-refractivity contribution in [3.8, 4) is 11.8 Å². The molecule has 0 saturated carbocycles. The molecule has 0 aliphatic rings. The van der Waals surface area contributed by atoms with Gasteiger partial charge in [0.1, 0.15) is 16.8 Å². The first-order chi connectivity index (χ1) is 9.63. The summed E-state index contributed by atoms with van der Waals surface area (Å²) in [6.45, 7) is 0. The lowest BCUT2D eigenvalue weighted by Gasteiger charge is -2.05. The van der Waals surface area contributed by atoms with Gasteiger partial charge in [-0.25, -0.2) is 4.79 Å². The van der Waals surface area contributed by atoms with Crippen molar-refractivity contribution in [1.29, 1.82) is 0 Å². The van der Waals surface area contributed by atoms with Crippen LogP contribution in [0.3, 0.4) is 0 Å². The van der Waals surface area contributed by atoms with E-state index in [9.17, 15) is 4.79 Å². The van der Waals surface area contributed by atoms with Crippen LogP contribution < -0.4 is 4.74 Å². The molecule has 3 aromatic rings. The van der Waals surface area contributed by atoms with Crippen LogP contribution in [0.5, 0.6) is 11.8 Å². The minimum Gasteiger partial charge on any atom is -0.478 e. The van der Waals surface area contributed by atoms with E-state index in [0.717, 1.165) is 0 Å². The van der Waals surface area contributed by atoms with E-state index < -0.39 is 5.97 Å². The minimum atomic E-state index is -1.14. The normalized spacial score (nSPS) is 10.7. The molecule has 6 heteroatoms. The van der Waals surface area contributed by atoms with Gasteiger partial charge >= 0.3 is 12.0 Å². The van der Waals surface area contributed by atoms with Crippen LogP contribution in [0.25, 0.3) is 11.1 Å². The number of aromatic nitrogens is 1. The largest absolute Gasteiger partial charge is 0.478 e. The van der Waals surface area contributed by atoms with Gasteiger partial charge in [0.25, 0.3) is 0 Å². The number of carboxylic acid groups (broad SMARTS) is 1. The number of hydrogen-bond acceptors (Lipinski definition) is 4. The zero-order chi connectivity index (χ0) is 14.1. The number of para-hydroxylation sites is 2. The molecule has 0 bridgehead atoms. The number of carboxylic acids is 1. The number of benzene rings is 2. The Bertz CT molecular complexity index is 764. The molecule has 0 atom stereocenters. The second-order valence-electron chi connectivity index (χ2n) is 4.00. The first kappa shape index (κ1) is 12.5. The minimum absolute atomic E-state index is 0.0176. The number of aromatic carboxylic acids is 1. The third-order valence-corrected chi connectivity index (χ3v) is 2.88. The predicted molar refractivity (Wildman–Crippen MR) is 72.5 cm³/mol. The van der Waals surface area contributed by atoms with Crippen LogP contribution in [-0.4, -0.2) is 16.1 Å². The van der Waals surface area contributed by atoms with Gasteiger partial charge in [0, 0.05) is 5.02 Å². The second kappa shape index (κ2) is 4.86. The van der Waals surface area contributed by atoms with Crippen LogP contribution in [0, 0.1) is 0 Å². The second-order valence-corrected chi connectivity index (χ2v) is 4.43. The third kappa shape index (κ3) is 2.31. The molecular weight excluding hydrogens is 282 g/mol. The van der Waals surface area contributed by atoms with Gasteiger partial charge in [0.05, 0.1) is 0 Å². The summed E-state index contributed by atoms with van der Waals surface area (Å²) in [5, 5.41) is 9.43. The standard InChI is InChI=1S/C14H8ClNO4/c15-8-5-6-11(9(7-8)13(17)18)19-14-16-10-3-1-2-4-12(10)20-14/h1-7H,(H,17,18). The summed E-state index contributed by atoms with van der Waals surface area (Å²) in [7, 11) is 0. The summed E-state index contributed by atoms with van der Waals surface area (Å²) in [6.07, 6.45) is -0.0176. The van der Waals surface area contributed by atoms with Crippen LogP contribution in [0.15, 0.2) is 46.9 Å². The Hall–Kier alpha value is -2.53. The van der Waals surface area contributed by atoms with Crippen molar-refractivity contribution in [3.63, 3.8) is 0 Å². The molecule has 0 spiro atoms. The summed E-state index contributed by atoms with van der Waals surface area (Å²) in [6, 6.07) is 11.4. The molecule has 0 unspecified atom stereocenters. The van der Waals surface area contributed by atoms with Crippen molar-refractivity contribution in [2.24, 2.45) is 0 Å². The van der Waals surface area contributed by atoms with Crippen LogP contribution >= 0.6 is 11.6 Å². The van der Waals surface area contributed by atoms with E-state index in [-0.39, 0.29) is 17.4 Å². The van der Waals surface area contributed by atoms with Crippen LogP contribution in [0.1, 0.15) is 10.4 Å². The van der Waals surface area contributed by atoms with E-state index >= 15 is 0 Å². The van der Waals surface area contributed by atoms with Crippen molar-refractivity contribution in [1.82, 2.24) is 4.98 Å². The van der Waals surface area contributed by atoms with Gasteiger partial charge in [-0.05, 0) is 30.3 Å². The summed E-state index contributed by atoms with van der Waals surface area (Å²) >= 11 is 5.77. The lowest BCUT2D eigenvalue weighted by Crippen LogP contribution is -2.00. The molecule has 1 N–H and O–H groups in total. The zero-order valence-electron chi connectivity index (χ0n) is 10.0. The van der Waals surface area contributed by atoms with E-state index in [1.165, 1.54) is 18.2 Å². The molecule has 0 fully saturated rings. The molecule has 3 rings (SSSR count). The van der Waals surface area contributed by atoms with Gasteiger partial charge in [-0.1, -0.05) is 23.7 Å². The zero-order valence-corrected chi connectivity index (χ0v) is 10.8. The topological polar surface area (TPSA) is 72.6 Å². The lowest BCUT2D eigenvalue weighted by atomic mass is 10.2. The van der Waals surface area contributed by atoms with Gasteiger partial charge in [0.2, 0.25) is 0 Å². The lowest BCUT2D eigenvalue weighted by molar-refractivity contribution is 0.0693. The quantitative estimate of drug-likeness (QED) is 0.789. The molecule has 0 aliphatic heterocycles. The fraction of sp³-hybridized carbons (Fsp3) is 0. The molecule has 100 valence electrons. The smallest absolute Gasteiger partial charge is 0.400 e. The molecule has 0 saturated heterocycles. The summed E-state index contributed by atoms with van der Waals surface area (Å²) < 4.78 is 10.8. The Morgan fingerprint density at radius 2 is 2.05 bits per heavy atom. The van der Waals surface area contributed by atoms with Gasteiger partial charge in [-0.15, -0.1) is 0 Å². The van der Waals surface area contributed by atoms with Gasteiger partial charge in [-0.3, -0.25) is 0 Å². The van der Waals surface area contributed by atoms with Gasteiger partial charge in [-0.2, -0.15) is 4.98 Å². The highest BCUT2D eigenvalue weighted by Crippen LogP contribution is 2.29.